The number of para-hydroxylation sites is 1. The first kappa shape index (κ1) is 20.8. The summed E-state index contributed by atoms with van der Waals surface area (Å²) in [6.45, 7) is 5.60. The third-order valence-corrected chi connectivity index (χ3v) is 5.57. The van der Waals surface area contributed by atoms with Crippen LogP contribution in [0.5, 0.6) is 5.75 Å². The molecule has 0 spiro atoms. The van der Waals surface area contributed by atoms with Gasteiger partial charge in [-0.25, -0.2) is 8.42 Å². The molecule has 1 atom stereocenters. The second-order valence-electron chi connectivity index (χ2n) is 6.44. The molecule has 146 valence electrons. The minimum Gasteiger partial charge on any atom is -0.497 e. The summed E-state index contributed by atoms with van der Waals surface area (Å²) in [5, 5.41) is 2.90. The van der Waals surface area contributed by atoms with Gasteiger partial charge in [0, 0.05) is 5.69 Å². The SMILES string of the molecule is CC[C@H](C(=O)Nc1c(C)cccc1C)N(c1ccc(OC)cc1)S(C)(=O)=O. The highest BCUT2D eigenvalue weighted by Gasteiger charge is 2.31. The molecule has 27 heavy (non-hydrogen) atoms. The van der Waals surface area contributed by atoms with Gasteiger partial charge in [0.2, 0.25) is 15.9 Å². The summed E-state index contributed by atoms with van der Waals surface area (Å²) in [7, 11) is -2.14. The Morgan fingerprint density at radius 2 is 1.67 bits per heavy atom. The van der Waals surface area contributed by atoms with Crippen LogP contribution in [0, 0.1) is 13.8 Å². The molecular formula is C20H26N2O4S. The van der Waals surface area contributed by atoms with Crippen LogP contribution in [-0.4, -0.2) is 33.7 Å². The lowest BCUT2D eigenvalue weighted by Crippen LogP contribution is -2.47. The highest BCUT2D eigenvalue weighted by Crippen LogP contribution is 2.26. The van der Waals surface area contributed by atoms with Gasteiger partial charge in [0.25, 0.3) is 0 Å². The molecule has 0 bridgehead atoms. The van der Waals surface area contributed by atoms with Gasteiger partial charge in [-0.3, -0.25) is 9.10 Å². The molecule has 0 fully saturated rings. The van der Waals surface area contributed by atoms with E-state index in [1.54, 1.807) is 31.2 Å². The second-order valence-corrected chi connectivity index (χ2v) is 8.30. The number of aryl methyl sites for hydroxylation is 2. The van der Waals surface area contributed by atoms with Gasteiger partial charge in [0.05, 0.1) is 19.1 Å². The summed E-state index contributed by atoms with van der Waals surface area (Å²) in [6, 6.07) is 11.5. The van der Waals surface area contributed by atoms with Crippen molar-refractivity contribution in [3.05, 3.63) is 53.6 Å². The highest BCUT2D eigenvalue weighted by molar-refractivity contribution is 7.92. The monoisotopic (exact) mass is 390 g/mol. The van der Waals surface area contributed by atoms with Crippen molar-refractivity contribution in [2.24, 2.45) is 0 Å². The number of amides is 1. The molecule has 0 heterocycles. The molecule has 0 aliphatic heterocycles. The average Bonchev–Trinajstić information content (AvgIpc) is 2.61. The van der Waals surface area contributed by atoms with Crippen molar-refractivity contribution >= 4 is 27.3 Å². The van der Waals surface area contributed by atoms with Crippen LogP contribution in [0.1, 0.15) is 24.5 Å². The Labute approximate surface area is 161 Å². The maximum absolute atomic E-state index is 13.0. The molecule has 1 N–H and O–H groups in total. The Bertz CT molecular complexity index is 888. The van der Waals surface area contributed by atoms with Crippen molar-refractivity contribution in [1.29, 1.82) is 0 Å². The zero-order valence-corrected chi connectivity index (χ0v) is 17.1. The number of carbonyl (C=O) groups excluding carboxylic acids is 1. The molecule has 0 saturated heterocycles. The summed E-state index contributed by atoms with van der Waals surface area (Å²) in [5.41, 5.74) is 2.98. The molecular weight excluding hydrogens is 364 g/mol. The van der Waals surface area contributed by atoms with E-state index in [0.29, 0.717) is 23.5 Å². The maximum Gasteiger partial charge on any atom is 0.248 e. The fourth-order valence-corrected chi connectivity index (χ4v) is 4.22. The Morgan fingerprint density at radius 3 is 2.11 bits per heavy atom. The van der Waals surface area contributed by atoms with Crippen LogP contribution in [0.25, 0.3) is 0 Å². The predicted molar refractivity (Wildman–Crippen MR) is 109 cm³/mol. The lowest BCUT2D eigenvalue weighted by Gasteiger charge is -2.30. The standard InChI is InChI=1S/C20H26N2O4S/c1-6-18(20(23)21-19-14(2)8-7-9-15(19)3)22(27(5,24)25)16-10-12-17(26-4)13-11-16/h7-13,18H,6H2,1-5H3,(H,21,23)/t18-/m1/s1. The van der Waals surface area contributed by atoms with E-state index in [-0.39, 0.29) is 5.91 Å². The number of sulfonamides is 1. The van der Waals surface area contributed by atoms with Gasteiger partial charge >= 0.3 is 0 Å². The summed E-state index contributed by atoms with van der Waals surface area (Å²) >= 11 is 0. The molecule has 2 aromatic rings. The molecule has 6 nitrogen and oxygen atoms in total. The number of anilines is 2. The van der Waals surface area contributed by atoms with Gasteiger partial charge in [-0.2, -0.15) is 0 Å². The van der Waals surface area contributed by atoms with Crippen molar-refractivity contribution in [1.82, 2.24) is 0 Å². The topological polar surface area (TPSA) is 75.7 Å². The van der Waals surface area contributed by atoms with E-state index in [0.717, 1.165) is 21.7 Å². The van der Waals surface area contributed by atoms with Crippen molar-refractivity contribution in [2.45, 2.75) is 33.2 Å². The minimum atomic E-state index is -3.67. The molecule has 0 radical (unpaired) electrons. The van der Waals surface area contributed by atoms with Gasteiger partial charge in [0.15, 0.2) is 0 Å². The van der Waals surface area contributed by atoms with Gasteiger partial charge in [0.1, 0.15) is 11.8 Å². The zero-order chi connectivity index (χ0) is 20.2. The number of hydrogen-bond donors (Lipinski definition) is 1. The largest absolute Gasteiger partial charge is 0.497 e. The predicted octanol–water partition coefficient (Wildman–Crippen LogP) is 3.50. The summed E-state index contributed by atoms with van der Waals surface area (Å²) in [4.78, 5) is 13.0. The van der Waals surface area contributed by atoms with Crippen molar-refractivity contribution in [3.8, 4) is 5.75 Å². The second kappa shape index (κ2) is 8.43. The van der Waals surface area contributed by atoms with Crippen molar-refractivity contribution < 1.29 is 17.9 Å². The van der Waals surface area contributed by atoms with Crippen LogP contribution in [0.4, 0.5) is 11.4 Å². The number of nitrogens with zero attached hydrogens (tertiary/aromatic N) is 1. The third-order valence-electron chi connectivity index (χ3n) is 4.39. The normalized spacial score (nSPS) is 12.3. The Hall–Kier alpha value is -2.54. The first-order valence-electron chi connectivity index (χ1n) is 8.69. The number of carbonyl (C=O) groups is 1. The number of nitrogens with one attached hydrogen (secondary N) is 1. The zero-order valence-electron chi connectivity index (χ0n) is 16.3. The Morgan fingerprint density at radius 1 is 1.11 bits per heavy atom. The van der Waals surface area contributed by atoms with Crippen LogP contribution in [-0.2, 0) is 14.8 Å². The van der Waals surface area contributed by atoms with Gasteiger partial charge < -0.3 is 10.1 Å². The highest BCUT2D eigenvalue weighted by atomic mass is 32.2. The molecule has 7 heteroatoms. The molecule has 0 saturated carbocycles. The number of benzene rings is 2. The number of hydrogen-bond acceptors (Lipinski definition) is 4. The fraction of sp³-hybridized carbons (Fsp3) is 0.350. The van der Waals surface area contributed by atoms with Crippen LogP contribution in [0.3, 0.4) is 0 Å². The smallest absolute Gasteiger partial charge is 0.248 e. The van der Waals surface area contributed by atoms with E-state index in [1.807, 2.05) is 32.0 Å². The molecule has 1 amide bonds. The first-order valence-corrected chi connectivity index (χ1v) is 10.5. The number of rotatable bonds is 7. The summed E-state index contributed by atoms with van der Waals surface area (Å²) < 4.78 is 31.3. The van der Waals surface area contributed by atoms with Gasteiger partial charge in [-0.15, -0.1) is 0 Å². The van der Waals surface area contributed by atoms with Crippen LogP contribution in [0.15, 0.2) is 42.5 Å². The van der Waals surface area contributed by atoms with E-state index >= 15 is 0 Å². The number of methoxy groups -OCH3 is 1. The maximum atomic E-state index is 13.0. The summed E-state index contributed by atoms with van der Waals surface area (Å²) in [6.07, 6.45) is 1.43. The van der Waals surface area contributed by atoms with E-state index in [4.69, 9.17) is 4.74 Å². The average molecular weight is 391 g/mol. The molecule has 0 aliphatic rings. The van der Waals surface area contributed by atoms with Crippen molar-refractivity contribution in [3.63, 3.8) is 0 Å². The Kier molecular flexibility index (Phi) is 6.49. The van der Waals surface area contributed by atoms with E-state index in [9.17, 15) is 13.2 Å². The van der Waals surface area contributed by atoms with Gasteiger partial charge in [-0.1, -0.05) is 25.1 Å². The molecule has 0 aliphatic carbocycles. The van der Waals surface area contributed by atoms with Crippen LogP contribution in [0.2, 0.25) is 0 Å². The lowest BCUT2D eigenvalue weighted by atomic mass is 10.1. The fourth-order valence-electron chi connectivity index (χ4n) is 3.01. The minimum absolute atomic E-state index is 0.329. The lowest BCUT2D eigenvalue weighted by molar-refractivity contribution is -0.117. The first-order chi connectivity index (χ1) is 12.7. The third kappa shape index (κ3) is 4.80. The molecule has 2 aromatic carbocycles. The quantitative estimate of drug-likeness (QED) is 0.785. The van der Waals surface area contributed by atoms with Crippen molar-refractivity contribution in [2.75, 3.05) is 23.0 Å². The van der Waals surface area contributed by atoms with Gasteiger partial charge in [-0.05, 0) is 55.7 Å². The number of ether oxygens (including phenoxy) is 1. The van der Waals surface area contributed by atoms with E-state index in [1.165, 1.54) is 7.11 Å². The van der Waals surface area contributed by atoms with E-state index < -0.39 is 16.1 Å². The van der Waals surface area contributed by atoms with Crippen LogP contribution < -0.4 is 14.4 Å². The molecule has 2 rings (SSSR count). The van der Waals surface area contributed by atoms with E-state index in [2.05, 4.69) is 5.32 Å². The van der Waals surface area contributed by atoms with Crippen LogP contribution >= 0.6 is 0 Å². The summed E-state index contributed by atoms with van der Waals surface area (Å²) in [5.74, 6) is 0.247. The molecule has 0 aromatic heterocycles. The molecule has 0 unspecified atom stereocenters. The Balaban J connectivity index is 2.41.